The topological polar surface area (TPSA) is 43.6 Å². The van der Waals surface area contributed by atoms with Crippen molar-refractivity contribution in [3.8, 4) is 39.9 Å². The predicted octanol–water partition coefficient (Wildman–Crippen LogP) is 12.0. The SMILES string of the molecule is c1ccc(-c2nc(-c3cccc(-n4c5cccc6c7ccccc7c7c8ccccc8cc4c7c65)c3)nc(-c3ccc4ccccc4c3)n2)cc1. The lowest BCUT2D eigenvalue weighted by Crippen LogP contribution is -2.01. The second-order valence-electron chi connectivity index (χ2n) is 13.2. The van der Waals surface area contributed by atoms with Crippen molar-refractivity contribution >= 4 is 64.9 Å². The zero-order valence-corrected chi connectivity index (χ0v) is 27.5. The molecule has 0 bridgehead atoms. The predicted molar refractivity (Wildman–Crippen MR) is 212 cm³/mol. The smallest absolute Gasteiger partial charge is 0.164 e. The van der Waals surface area contributed by atoms with Crippen LogP contribution >= 0.6 is 0 Å². The van der Waals surface area contributed by atoms with Crippen LogP contribution in [0.15, 0.2) is 170 Å². The van der Waals surface area contributed by atoms with E-state index in [4.69, 9.17) is 15.0 Å². The molecule has 51 heavy (non-hydrogen) atoms. The minimum absolute atomic E-state index is 0.637. The van der Waals surface area contributed by atoms with E-state index in [1.54, 1.807) is 0 Å². The van der Waals surface area contributed by atoms with Gasteiger partial charge in [-0.25, -0.2) is 15.0 Å². The van der Waals surface area contributed by atoms with Crippen LogP contribution in [0.2, 0.25) is 0 Å². The first-order valence-electron chi connectivity index (χ1n) is 17.3. The van der Waals surface area contributed by atoms with Gasteiger partial charge in [0.05, 0.1) is 11.0 Å². The van der Waals surface area contributed by atoms with Crippen molar-refractivity contribution in [3.63, 3.8) is 0 Å². The summed E-state index contributed by atoms with van der Waals surface area (Å²) in [7, 11) is 0. The van der Waals surface area contributed by atoms with Gasteiger partial charge in [0.25, 0.3) is 0 Å². The largest absolute Gasteiger partial charge is 0.309 e. The first kappa shape index (κ1) is 28.0. The summed E-state index contributed by atoms with van der Waals surface area (Å²) < 4.78 is 2.42. The molecule has 0 fully saturated rings. The molecule has 0 aliphatic rings. The molecular formula is C47H28N4. The number of hydrogen-bond donors (Lipinski definition) is 0. The summed E-state index contributed by atoms with van der Waals surface area (Å²) in [5, 5.41) is 12.6. The number of hydrogen-bond acceptors (Lipinski definition) is 3. The molecule has 0 unspecified atom stereocenters. The Hall–Kier alpha value is -6.91. The summed E-state index contributed by atoms with van der Waals surface area (Å²) in [4.78, 5) is 15.2. The van der Waals surface area contributed by atoms with Crippen molar-refractivity contribution in [1.29, 1.82) is 0 Å². The number of aromatic nitrogens is 4. The minimum atomic E-state index is 0.637. The van der Waals surface area contributed by atoms with Crippen LogP contribution in [-0.4, -0.2) is 19.5 Å². The molecular weight excluding hydrogens is 621 g/mol. The van der Waals surface area contributed by atoms with Gasteiger partial charge < -0.3 is 4.57 Å². The fraction of sp³-hybridized carbons (Fsp3) is 0. The molecule has 0 radical (unpaired) electrons. The Labute approximate surface area is 293 Å². The second-order valence-corrected chi connectivity index (χ2v) is 13.2. The minimum Gasteiger partial charge on any atom is -0.309 e. The van der Waals surface area contributed by atoms with E-state index in [1.807, 2.05) is 18.2 Å². The van der Waals surface area contributed by atoms with Crippen LogP contribution in [0, 0.1) is 0 Å². The third kappa shape index (κ3) is 4.23. The fourth-order valence-electron chi connectivity index (χ4n) is 8.06. The monoisotopic (exact) mass is 648 g/mol. The van der Waals surface area contributed by atoms with Gasteiger partial charge in [0, 0.05) is 38.5 Å². The van der Waals surface area contributed by atoms with Crippen LogP contribution in [0.1, 0.15) is 0 Å². The van der Waals surface area contributed by atoms with Crippen LogP contribution in [-0.2, 0) is 0 Å². The Morgan fingerprint density at radius 3 is 1.73 bits per heavy atom. The lowest BCUT2D eigenvalue weighted by atomic mass is 9.91. The third-order valence-electron chi connectivity index (χ3n) is 10.3. The highest BCUT2D eigenvalue weighted by atomic mass is 15.0. The second kappa shape index (κ2) is 10.8. The van der Waals surface area contributed by atoms with Gasteiger partial charge in [-0.05, 0) is 68.0 Å². The lowest BCUT2D eigenvalue weighted by Gasteiger charge is -2.12. The van der Waals surface area contributed by atoms with Crippen molar-refractivity contribution in [3.05, 3.63) is 170 Å². The number of fused-ring (bicyclic) bond motifs is 6. The van der Waals surface area contributed by atoms with Gasteiger partial charge in [0.1, 0.15) is 0 Å². The fourth-order valence-corrected chi connectivity index (χ4v) is 8.06. The van der Waals surface area contributed by atoms with E-state index < -0.39 is 0 Å². The molecule has 0 saturated heterocycles. The van der Waals surface area contributed by atoms with E-state index in [1.165, 1.54) is 59.5 Å². The quantitative estimate of drug-likeness (QED) is 0.178. The summed E-state index contributed by atoms with van der Waals surface area (Å²) in [5.41, 5.74) is 6.27. The molecule has 0 aliphatic carbocycles. The average Bonchev–Trinajstić information content (AvgIpc) is 3.54. The maximum absolute atomic E-state index is 5.13. The van der Waals surface area contributed by atoms with Gasteiger partial charge in [-0.2, -0.15) is 0 Å². The van der Waals surface area contributed by atoms with Crippen LogP contribution in [0.3, 0.4) is 0 Å². The van der Waals surface area contributed by atoms with Crippen molar-refractivity contribution in [2.24, 2.45) is 0 Å². The van der Waals surface area contributed by atoms with Gasteiger partial charge in [0.2, 0.25) is 0 Å². The van der Waals surface area contributed by atoms with Crippen molar-refractivity contribution < 1.29 is 0 Å². The van der Waals surface area contributed by atoms with E-state index >= 15 is 0 Å². The first-order chi connectivity index (χ1) is 25.3. The first-order valence-corrected chi connectivity index (χ1v) is 17.3. The molecule has 0 saturated carbocycles. The molecule has 2 heterocycles. The van der Waals surface area contributed by atoms with E-state index in [-0.39, 0.29) is 0 Å². The number of benzene rings is 9. The highest BCUT2D eigenvalue weighted by Crippen LogP contribution is 2.46. The summed E-state index contributed by atoms with van der Waals surface area (Å²) in [6, 6.07) is 60.2. The lowest BCUT2D eigenvalue weighted by molar-refractivity contribution is 1.07. The van der Waals surface area contributed by atoms with Crippen LogP contribution < -0.4 is 0 Å². The molecule has 0 amide bonds. The summed E-state index contributed by atoms with van der Waals surface area (Å²) in [5.74, 6) is 1.94. The molecule has 9 aromatic carbocycles. The molecule has 236 valence electrons. The molecule has 4 heteroatoms. The molecule has 11 aromatic rings. The summed E-state index contributed by atoms with van der Waals surface area (Å²) >= 11 is 0. The zero-order chi connectivity index (χ0) is 33.5. The van der Waals surface area contributed by atoms with Crippen LogP contribution in [0.25, 0.3) is 105 Å². The Morgan fingerprint density at radius 2 is 0.902 bits per heavy atom. The van der Waals surface area contributed by atoms with Crippen molar-refractivity contribution in [2.75, 3.05) is 0 Å². The standard InChI is InChI=1S/C47H28N4/c1-2-13-30(14-3-1)45-48-46(50-47(49-45)34-25-24-29-12-4-5-15-31(29)26-34)33-17-10-18-35(27-33)51-40-23-11-22-39-37-20-8-9-21-38(37)42-36-19-7-6-16-32(36)28-41(51)44(42)43(39)40/h1-28H. The van der Waals surface area contributed by atoms with Crippen molar-refractivity contribution in [2.45, 2.75) is 0 Å². The van der Waals surface area contributed by atoms with Gasteiger partial charge >= 0.3 is 0 Å². The Bertz CT molecular complexity index is 3130. The Morgan fingerprint density at radius 1 is 0.314 bits per heavy atom. The molecule has 0 spiro atoms. The third-order valence-corrected chi connectivity index (χ3v) is 10.3. The highest BCUT2D eigenvalue weighted by molar-refractivity contribution is 6.39. The maximum atomic E-state index is 5.13. The Balaban J connectivity index is 1.17. The van der Waals surface area contributed by atoms with Gasteiger partial charge in [-0.1, -0.05) is 140 Å². The van der Waals surface area contributed by atoms with Gasteiger partial charge in [-0.15, -0.1) is 0 Å². The zero-order valence-electron chi connectivity index (χ0n) is 27.5. The van der Waals surface area contributed by atoms with Crippen LogP contribution in [0.4, 0.5) is 0 Å². The number of nitrogens with zero attached hydrogens (tertiary/aromatic N) is 4. The molecule has 0 N–H and O–H groups in total. The number of rotatable bonds is 4. The average molecular weight is 649 g/mol. The summed E-state index contributed by atoms with van der Waals surface area (Å²) in [6.45, 7) is 0. The summed E-state index contributed by atoms with van der Waals surface area (Å²) in [6.07, 6.45) is 0. The molecule has 4 nitrogen and oxygen atoms in total. The highest BCUT2D eigenvalue weighted by Gasteiger charge is 2.22. The Kier molecular flexibility index (Phi) is 5.92. The van der Waals surface area contributed by atoms with Gasteiger partial charge in [0.15, 0.2) is 17.5 Å². The van der Waals surface area contributed by atoms with E-state index in [2.05, 4.69) is 156 Å². The normalized spacial score (nSPS) is 11.9. The molecule has 0 aliphatic heterocycles. The molecule has 2 aromatic heterocycles. The molecule has 0 atom stereocenters. The van der Waals surface area contributed by atoms with E-state index in [0.29, 0.717) is 17.5 Å². The van der Waals surface area contributed by atoms with Crippen molar-refractivity contribution in [1.82, 2.24) is 19.5 Å². The van der Waals surface area contributed by atoms with Crippen LogP contribution in [0.5, 0.6) is 0 Å². The maximum Gasteiger partial charge on any atom is 0.164 e. The van der Waals surface area contributed by atoms with Gasteiger partial charge in [-0.3, -0.25) is 0 Å². The van der Waals surface area contributed by atoms with E-state index in [0.717, 1.165) is 27.8 Å². The molecule has 11 rings (SSSR count). The van der Waals surface area contributed by atoms with E-state index in [9.17, 15) is 0 Å².